The topological polar surface area (TPSA) is 55.1 Å². The van der Waals surface area contributed by atoms with E-state index in [0.29, 0.717) is 6.42 Å². The van der Waals surface area contributed by atoms with E-state index < -0.39 is 0 Å². The van der Waals surface area contributed by atoms with Gasteiger partial charge in [-0.25, -0.2) is 0 Å². The Morgan fingerprint density at radius 1 is 1.50 bits per heavy atom. The van der Waals surface area contributed by atoms with Crippen molar-refractivity contribution in [2.45, 2.75) is 52.1 Å². The quantitative estimate of drug-likeness (QED) is 0.650. The van der Waals surface area contributed by atoms with Crippen LogP contribution in [0.5, 0.6) is 0 Å². The predicted molar refractivity (Wildman–Crippen MR) is 50.8 cm³/mol. The van der Waals surface area contributed by atoms with Crippen molar-refractivity contribution in [3.05, 3.63) is 0 Å². The monoisotopic (exact) mass is 172 g/mol. The molecule has 0 fully saturated rings. The summed E-state index contributed by atoms with van der Waals surface area (Å²) in [5.41, 5.74) is 5.55. The molecule has 2 atom stereocenters. The highest BCUT2D eigenvalue weighted by Crippen LogP contribution is 1.95. The van der Waals surface area contributed by atoms with Crippen molar-refractivity contribution in [2.24, 2.45) is 5.73 Å². The number of nitrogens with one attached hydrogen (secondary N) is 1. The van der Waals surface area contributed by atoms with Crippen molar-refractivity contribution < 1.29 is 4.79 Å². The summed E-state index contributed by atoms with van der Waals surface area (Å²) < 4.78 is 0. The molecule has 1 amide bonds. The molecular formula is C9H20N2O. The van der Waals surface area contributed by atoms with Crippen molar-refractivity contribution in [3.63, 3.8) is 0 Å². The van der Waals surface area contributed by atoms with E-state index in [9.17, 15) is 4.79 Å². The molecule has 0 saturated heterocycles. The average molecular weight is 172 g/mol. The first kappa shape index (κ1) is 11.4. The van der Waals surface area contributed by atoms with Gasteiger partial charge in [-0.2, -0.15) is 0 Å². The molecule has 1 unspecified atom stereocenters. The van der Waals surface area contributed by atoms with Gasteiger partial charge < -0.3 is 11.1 Å². The van der Waals surface area contributed by atoms with Crippen LogP contribution in [0, 0.1) is 0 Å². The Labute approximate surface area is 74.7 Å². The lowest BCUT2D eigenvalue weighted by Crippen LogP contribution is -2.43. The van der Waals surface area contributed by atoms with Gasteiger partial charge in [0.2, 0.25) is 5.91 Å². The van der Waals surface area contributed by atoms with Gasteiger partial charge in [-0.05, 0) is 19.8 Å². The third-order valence-corrected chi connectivity index (χ3v) is 1.89. The molecule has 3 N–H and O–H groups in total. The van der Waals surface area contributed by atoms with Gasteiger partial charge in [0.15, 0.2) is 0 Å². The molecule has 0 aliphatic carbocycles. The maximum absolute atomic E-state index is 11.2. The van der Waals surface area contributed by atoms with Gasteiger partial charge in [-0.1, -0.05) is 20.3 Å². The van der Waals surface area contributed by atoms with Gasteiger partial charge in [-0.15, -0.1) is 0 Å². The second-order valence-electron chi connectivity index (χ2n) is 3.21. The van der Waals surface area contributed by atoms with Gasteiger partial charge in [0.25, 0.3) is 0 Å². The summed E-state index contributed by atoms with van der Waals surface area (Å²) in [7, 11) is 0. The maximum Gasteiger partial charge on any atom is 0.237 e. The Morgan fingerprint density at radius 2 is 2.08 bits per heavy atom. The first-order chi connectivity index (χ1) is 5.61. The van der Waals surface area contributed by atoms with Crippen LogP contribution < -0.4 is 11.1 Å². The normalized spacial score (nSPS) is 15.3. The zero-order valence-corrected chi connectivity index (χ0v) is 8.26. The second-order valence-corrected chi connectivity index (χ2v) is 3.21. The molecule has 0 spiro atoms. The molecule has 0 aromatic carbocycles. The van der Waals surface area contributed by atoms with Gasteiger partial charge in [0, 0.05) is 6.04 Å². The number of carbonyl (C=O) groups excluding carboxylic acids is 1. The third kappa shape index (κ3) is 4.34. The summed E-state index contributed by atoms with van der Waals surface area (Å²) in [6.45, 7) is 6.01. The van der Waals surface area contributed by atoms with Crippen LogP contribution in [0.25, 0.3) is 0 Å². The molecule has 0 radical (unpaired) electrons. The first-order valence-electron chi connectivity index (χ1n) is 4.67. The SMILES string of the molecule is CCCC(C)NC(=O)[C@H](N)CC. The second kappa shape index (κ2) is 6.00. The summed E-state index contributed by atoms with van der Waals surface area (Å²) >= 11 is 0. The van der Waals surface area contributed by atoms with Gasteiger partial charge in [0.05, 0.1) is 6.04 Å². The summed E-state index contributed by atoms with van der Waals surface area (Å²) in [6.07, 6.45) is 2.80. The van der Waals surface area contributed by atoms with Crippen molar-refractivity contribution in [1.82, 2.24) is 5.32 Å². The summed E-state index contributed by atoms with van der Waals surface area (Å²) in [4.78, 5) is 11.2. The third-order valence-electron chi connectivity index (χ3n) is 1.89. The van der Waals surface area contributed by atoms with Crippen LogP contribution in [0.4, 0.5) is 0 Å². The fourth-order valence-electron chi connectivity index (χ4n) is 1.04. The molecule has 12 heavy (non-hydrogen) atoms. The lowest BCUT2D eigenvalue weighted by molar-refractivity contribution is -0.123. The van der Waals surface area contributed by atoms with E-state index in [-0.39, 0.29) is 18.0 Å². The average Bonchev–Trinajstić information content (AvgIpc) is 2.03. The lowest BCUT2D eigenvalue weighted by atomic mass is 10.1. The van der Waals surface area contributed by atoms with Crippen LogP contribution in [0.15, 0.2) is 0 Å². The number of nitrogens with two attached hydrogens (primary N) is 1. The Morgan fingerprint density at radius 3 is 2.50 bits per heavy atom. The van der Waals surface area contributed by atoms with Crippen molar-refractivity contribution in [1.29, 1.82) is 0 Å². The Hall–Kier alpha value is -0.570. The van der Waals surface area contributed by atoms with Crippen molar-refractivity contribution >= 4 is 5.91 Å². The highest BCUT2D eigenvalue weighted by molar-refractivity contribution is 5.81. The fraction of sp³-hybridized carbons (Fsp3) is 0.889. The van der Waals surface area contributed by atoms with Crippen LogP contribution in [0.3, 0.4) is 0 Å². The highest BCUT2D eigenvalue weighted by atomic mass is 16.2. The molecule has 0 aliphatic heterocycles. The molecule has 0 rings (SSSR count). The van der Waals surface area contributed by atoms with E-state index in [0.717, 1.165) is 12.8 Å². The first-order valence-corrected chi connectivity index (χ1v) is 4.67. The molecule has 3 nitrogen and oxygen atoms in total. The zero-order valence-electron chi connectivity index (χ0n) is 8.26. The lowest BCUT2D eigenvalue weighted by Gasteiger charge is -2.15. The summed E-state index contributed by atoms with van der Waals surface area (Å²) in [5, 5.41) is 2.87. The molecule has 72 valence electrons. The van der Waals surface area contributed by atoms with E-state index in [1.807, 2.05) is 13.8 Å². The number of carbonyl (C=O) groups is 1. The molecule has 0 aliphatic rings. The molecule has 3 heteroatoms. The zero-order chi connectivity index (χ0) is 9.56. The van der Waals surface area contributed by atoms with Crippen LogP contribution in [-0.2, 0) is 4.79 Å². The molecule has 0 heterocycles. The minimum atomic E-state index is -0.343. The van der Waals surface area contributed by atoms with E-state index in [4.69, 9.17) is 5.73 Å². The summed E-state index contributed by atoms with van der Waals surface area (Å²) in [5.74, 6) is -0.0292. The number of rotatable bonds is 5. The largest absolute Gasteiger partial charge is 0.352 e. The molecule has 0 aromatic heterocycles. The van der Waals surface area contributed by atoms with E-state index >= 15 is 0 Å². The molecule has 0 saturated carbocycles. The molecular weight excluding hydrogens is 152 g/mol. The molecule has 0 bridgehead atoms. The Kier molecular flexibility index (Phi) is 5.72. The number of amides is 1. The standard InChI is InChI=1S/C9H20N2O/c1-4-6-7(3)11-9(12)8(10)5-2/h7-8H,4-6,10H2,1-3H3,(H,11,12)/t7?,8-/m1/s1. The minimum absolute atomic E-state index is 0.0292. The minimum Gasteiger partial charge on any atom is -0.352 e. The van der Waals surface area contributed by atoms with Gasteiger partial charge in [0.1, 0.15) is 0 Å². The van der Waals surface area contributed by atoms with Gasteiger partial charge in [-0.3, -0.25) is 4.79 Å². The van der Waals surface area contributed by atoms with Crippen molar-refractivity contribution in [3.8, 4) is 0 Å². The highest BCUT2D eigenvalue weighted by Gasteiger charge is 2.12. The van der Waals surface area contributed by atoms with E-state index in [2.05, 4.69) is 12.2 Å². The number of hydrogen-bond acceptors (Lipinski definition) is 2. The van der Waals surface area contributed by atoms with E-state index in [1.54, 1.807) is 0 Å². The maximum atomic E-state index is 11.2. The van der Waals surface area contributed by atoms with Crippen LogP contribution in [0.1, 0.15) is 40.0 Å². The fourth-order valence-corrected chi connectivity index (χ4v) is 1.04. The Balaban J connectivity index is 3.67. The smallest absolute Gasteiger partial charge is 0.237 e. The summed E-state index contributed by atoms with van der Waals surface area (Å²) in [6, 6.07) is -0.0931. The van der Waals surface area contributed by atoms with Crippen LogP contribution in [0.2, 0.25) is 0 Å². The Bertz CT molecular complexity index is 136. The molecule has 0 aromatic rings. The predicted octanol–water partition coefficient (Wildman–Crippen LogP) is 1.03. The van der Waals surface area contributed by atoms with Gasteiger partial charge >= 0.3 is 0 Å². The van der Waals surface area contributed by atoms with Crippen LogP contribution >= 0.6 is 0 Å². The van der Waals surface area contributed by atoms with E-state index in [1.165, 1.54) is 0 Å². The van der Waals surface area contributed by atoms with Crippen molar-refractivity contribution in [2.75, 3.05) is 0 Å². The van der Waals surface area contributed by atoms with Crippen LogP contribution in [-0.4, -0.2) is 18.0 Å². The number of hydrogen-bond donors (Lipinski definition) is 2.